The largest absolute Gasteiger partial charge is 0.394 e. The van der Waals surface area contributed by atoms with Gasteiger partial charge in [-0.25, -0.2) is 0 Å². The first-order chi connectivity index (χ1) is 10.8. The topological polar surface area (TPSA) is 149 Å². The molecule has 23 heavy (non-hydrogen) atoms. The van der Waals surface area contributed by atoms with Crippen LogP contribution in [0.3, 0.4) is 0 Å². The van der Waals surface area contributed by atoms with E-state index < -0.39 is 73.2 Å². The van der Waals surface area contributed by atoms with Gasteiger partial charge in [-0.05, 0) is 0 Å². The van der Waals surface area contributed by atoms with Crippen LogP contribution in [0.1, 0.15) is 0 Å². The van der Waals surface area contributed by atoms with Gasteiger partial charge in [-0.1, -0.05) is 0 Å². The van der Waals surface area contributed by atoms with Gasteiger partial charge < -0.3 is 44.8 Å². The Balaban J connectivity index is 2.18. The van der Waals surface area contributed by atoms with Crippen LogP contribution in [0.4, 0.5) is 0 Å². The molecular weight excluding hydrogens is 359 g/mol. The fourth-order valence-corrected chi connectivity index (χ4v) is 3.15. The number of aliphatic hydroxyl groups is 6. The summed E-state index contributed by atoms with van der Waals surface area (Å²) in [5, 5.41) is 57.1. The van der Waals surface area contributed by atoms with Crippen LogP contribution < -0.4 is 0 Å². The molecule has 0 spiro atoms. The number of hydrogen-bond acceptors (Lipinski definition) is 9. The van der Waals surface area contributed by atoms with Crippen LogP contribution in [-0.4, -0.2) is 104 Å². The van der Waals surface area contributed by atoms with Crippen LogP contribution >= 0.6 is 23.2 Å². The van der Waals surface area contributed by atoms with E-state index in [1.165, 1.54) is 0 Å². The van der Waals surface area contributed by atoms with Crippen molar-refractivity contribution in [3.05, 3.63) is 0 Å². The van der Waals surface area contributed by atoms with Crippen molar-refractivity contribution in [3.8, 4) is 0 Å². The van der Waals surface area contributed by atoms with Crippen LogP contribution in [-0.2, 0) is 14.2 Å². The highest BCUT2D eigenvalue weighted by molar-refractivity contribution is 6.21. The summed E-state index contributed by atoms with van der Waals surface area (Å²) in [5.74, 6) is -2.43. The lowest BCUT2D eigenvalue weighted by atomic mass is 10.0. The SMILES string of the molecule is OC[C@H]1O[C@](CCl)(O[C@@H]2O[C@H](CO)[C@H](Cl)[C@H](O)[C@H]2O)[C@@H](O)[C@@H]1O. The van der Waals surface area contributed by atoms with Gasteiger partial charge in [-0.2, -0.15) is 0 Å². The van der Waals surface area contributed by atoms with Gasteiger partial charge in [0.15, 0.2) is 6.29 Å². The first-order valence-corrected chi connectivity index (χ1v) is 7.93. The molecule has 0 aromatic rings. The molecule has 9 atom stereocenters. The molecule has 2 rings (SSSR count). The van der Waals surface area contributed by atoms with Crippen molar-refractivity contribution in [2.45, 2.75) is 54.1 Å². The van der Waals surface area contributed by atoms with Crippen molar-refractivity contribution < 1.29 is 44.8 Å². The Labute approximate surface area is 141 Å². The second-order valence-electron chi connectivity index (χ2n) is 5.49. The summed E-state index contributed by atoms with van der Waals surface area (Å²) >= 11 is 11.6. The molecule has 0 unspecified atom stereocenters. The highest BCUT2D eigenvalue weighted by Gasteiger charge is 2.58. The molecular formula is C12H20Cl2O9. The second-order valence-corrected chi connectivity index (χ2v) is 6.26. The van der Waals surface area contributed by atoms with E-state index in [1.54, 1.807) is 0 Å². The summed E-state index contributed by atoms with van der Waals surface area (Å²) < 4.78 is 15.9. The summed E-state index contributed by atoms with van der Waals surface area (Å²) in [6.45, 7) is -1.14. The zero-order valence-corrected chi connectivity index (χ0v) is 13.4. The van der Waals surface area contributed by atoms with Crippen LogP contribution in [0.2, 0.25) is 0 Å². The highest BCUT2D eigenvalue weighted by Crippen LogP contribution is 2.37. The molecule has 0 amide bonds. The minimum absolute atomic E-state index is 0.460. The third-order valence-corrected chi connectivity index (χ3v) is 4.90. The lowest BCUT2D eigenvalue weighted by molar-refractivity contribution is -0.359. The number of ether oxygens (including phenoxy) is 3. The number of rotatable bonds is 5. The molecule has 0 aliphatic carbocycles. The number of halogens is 2. The molecule has 0 aromatic heterocycles. The van der Waals surface area contributed by atoms with Crippen molar-refractivity contribution in [3.63, 3.8) is 0 Å². The summed E-state index contributed by atoms with van der Waals surface area (Å²) in [6, 6.07) is 0. The van der Waals surface area contributed by atoms with E-state index in [9.17, 15) is 25.5 Å². The molecule has 0 saturated carbocycles. The fraction of sp³-hybridized carbons (Fsp3) is 1.00. The lowest BCUT2D eigenvalue weighted by Crippen LogP contribution is -2.61. The van der Waals surface area contributed by atoms with Crippen molar-refractivity contribution in [1.29, 1.82) is 0 Å². The third kappa shape index (κ3) is 3.46. The second kappa shape index (κ2) is 7.63. The first kappa shape index (κ1) is 19.5. The molecule has 2 heterocycles. The molecule has 2 aliphatic rings. The minimum Gasteiger partial charge on any atom is -0.394 e. The molecule has 9 nitrogen and oxygen atoms in total. The Morgan fingerprint density at radius 3 is 2.04 bits per heavy atom. The van der Waals surface area contributed by atoms with Gasteiger partial charge in [0, 0.05) is 0 Å². The Morgan fingerprint density at radius 1 is 0.957 bits per heavy atom. The average Bonchev–Trinajstić information content (AvgIpc) is 2.80. The van der Waals surface area contributed by atoms with Crippen LogP contribution in [0, 0.1) is 0 Å². The molecule has 2 saturated heterocycles. The zero-order valence-electron chi connectivity index (χ0n) is 11.9. The molecule has 2 aliphatic heterocycles. The molecule has 11 heteroatoms. The van der Waals surface area contributed by atoms with E-state index in [0.717, 1.165) is 0 Å². The summed E-state index contributed by atoms with van der Waals surface area (Å²) in [7, 11) is 0. The number of hydrogen-bond donors (Lipinski definition) is 6. The maximum absolute atomic E-state index is 10.1. The molecule has 0 radical (unpaired) electrons. The standard InChI is InChI=1S/C12H20Cl2O9/c13-3-12(10(20)7(17)5(2-16)22-12)23-11-9(19)8(18)6(14)4(1-15)21-11/h4-11,15-20H,1-3H2/t4-,5-,6+,7-,8+,9-,10+,11+,12-/m1/s1. The van der Waals surface area contributed by atoms with Gasteiger partial charge in [0.25, 0.3) is 0 Å². The maximum Gasteiger partial charge on any atom is 0.214 e. The predicted molar refractivity (Wildman–Crippen MR) is 75.9 cm³/mol. The molecule has 6 N–H and O–H groups in total. The number of alkyl halides is 2. The number of aliphatic hydroxyl groups excluding tert-OH is 6. The van der Waals surface area contributed by atoms with Crippen molar-refractivity contribution >= 4 is 23.2 Å². The van der Waals surface area contributed by atoms with E-state index in [-0.39, 0.29) is 0 Å². The quantitative estimate of drug-likeness (QED) is 0.277. The smallest absolute Gasteiger partial charge is 0.214 e. The van der Waals surface area contributed by atoms with Gasteiger partial charge in [0.2, 0.25) is 5.79 Å². The maximum atomic E-state index is 10.1. The molecule has 2 fully saturated rings. The predicted octanol–water partition coefficient (Wildman–Crippen LogP) is -2.90. The Morgan fingerprint density at radius 2 is 1.57 bits per heavy atom. The van der Waals surface area contributed by atoms with Gasteiger partial charge >= 0.3 is 0 Å². The van der Waals surface area contributed by atoms with Gasteiger partial charge in [0.1, 0.15) is 36.6 Å². The summed E-state index contributed by atoms with van der Waals surface area (Å²) in [6.07, 6.45) is -9.91. The fourth-order valence-electron chi connectivity index (χ4n) is 2.58. The highest BCUT2D eigenvalue weighted by atomic mass is 35.5. The normalized spacial score (nSPS) is 51.1. The Bertz CT molecular complexity index is 401. The van der Waals surface area contributed by atoms with Crippen molar-refractivity contribution in [2.24, 2.45) is 0 Å². The van der Waals surface area contributed by atoms with Crippen molar-refractivity contribution in [2.75, 3.05) is 19.1 Å². The monoisotopic (exact) mass is 378 g/mol. The lowest BCUT2D eigenvalue weighted by Gasteiger charge is -2.43. The van der Waals surface area contributed by atoms with Gasteiger partial charge in [0.05, 0.1) is 24.5 Å². The van der Waals surface area contributed by atoms with Crippen LogP contribution in [0.5, 0.6) is 0 Å². The van der Waals surface area contributed by atoms with E-state index >= 15 is 0 Å². The van der Waals surface area contributed by atoms with E-state index in [2.05, 4.69) is 0 Å². The van der Waals surface area contributed by atoms with E-state index in [4.69, 9.17) is 42.5 Å². The van der Waals surface area contributed by atoms with Gasteiger partial charge in [-0.3, -0.25) is 0 Å². The van der Waals surface area contributed by atoms with Crippen molar-refractivity contribution in [1.82, 2.24) is 0 Å². The van der Waals surface area contributed by atoms with Crippen LogP contribution in [0.15, 0.2) is 0 Å². The summed E-state index contributed by atoms with van der Waals surface area (Å²) in [4.78, 5) is 0. The third-order valence-electron chi connectivity index (χ3n) is 3.99. The Kier molecular flexibility index (Phi) is 6.48. The summed E-state index contributed by atoms with van der Waals surface area (Å²) in [5.41, 5.74) is 0. The zero-order chi connectivity index (χ0) is 17.4. The molecule has 0 bridgehead atoms. The van der Waals surface area contributed by atoms with E-state index in [0.29, 0.717) is 0 Å². The average molecular weight is 379 g/mol. The van der Waals surface area contributed by atoms with E-state index in [1.807, 2.05) is 0 Å². The first-order valence-electron chi connectivity index (χ1n) is 6.96. The Hall–Kier alpha value is 0.220. The molecule has 0 aromatic carbocycles. The minimum atomic E-state index is -1.97. The van der Waals surface area contributed by atoms with Gasteiger partial charge in [-0.15, -0.1) is 23.2 Å². The molecule has 136 valence electrons. The van der Waals surface area contributed by atoms with Crippen LogP contribution in [0.25, 0.3) is 0 Å².